The largest absolute Gasteiger partial charge is 0.507 e. The molecule has 6 nitrogen and oxygen atoms in total. The van der Waals surface area contributed by atoms with E-state index in [0.717, 1.165) is 34.4 Å². The minimum atomic E-state index is -0.749. The molecule has 1 atom stereocenters. The number of Topliss-reactive ketones (excluding diaryl/α,β-unsaturated/α-hetero) is 1. The van der Waals surface area contributed by atoms with Crippen LogP contribution in [0.1, 0.15) is 74.9 Å². The van der Waals surface area contributed by atoms with Crippen LogP contribution in [0, 0.1) is 6.92 Å². The van der Waals surface area contributed by atoms with Crippen molar-refractivity contribution in [1.82, 2.24) is 4.90 Å². The second-order valence-electron chi connectivity index (χ2n) is 11.2. The van der Waals surface area contributed by atoms with Crippen molar-refractivity contribution >= 4 is 17.4 Å². The number of rotatable bonds is 9. The summed E-state index contributed by atoms with van der Waals surface area (Å²) in [4.78, 5) is 28.6. The highest BCUT2D eigenvalue weighted by atomic mass is 16.5. The summed E-state index contributed by atoms with van der Waals surface area (Å²) in [6.45, 7) is 13.6. The minimum absolute atomic E-state index is 0.0564. The number of amides is 1. The molecule has 0 bridgehead atoms. The van der Waals surface area contributed by atoms with E-state index in [0.29, 0.717) is 24.5 Å². The molecule has 210 valence electrons. The van der Waals surface area contributed by atoms with E-state index >= 15 is 0 Å². The van der Waals surface area contributed by atoms with Gasteiger partial charge in [-0.15, -0.1) is 0 Å². The fourth-order valence-corrected chi connectivity index (χ4v) is 4.98. The molecule has 6 heteroatoms. The van der Waals surface area contributed by atoms with Crippen LogP contribution in [0.2, 0.25) is 0 Å². The topological polar surface area (TPSA) is 76.1 Å². The van der Waals surface area contributed by atoms with Crippen LogP contribution in [0.4, 0.5) is 0 Å². The highest BCUT2D eigenvalue weighted by Gasteiger charge is 2.46. The van der Waals surface area contributed by atoms with Gasteiger partial charge in [0.2, 0.25) is 0 Å². The zero-order chi connectivity index (χ0) is 29.0. The van der Waals surface area contributed by atoms with Crippen molar-refractivity contribution in [2.75, 3.05) is 13.2 Å². The molecule has 0 aromatic heterocycles. The van der Waals surface area contributed by atoms with Crippen LogP contribution in [-0.4, -0.2) is 34.9 Å². The van der Waals surface area contributed by atoms with Gasteiger partial charge in [-0.2, -0.15) is 0 Å². The van der Waals surface area contributed by atoms with Crippen LogP contribution in [0.15, 0.2) is 72.3 Å². The zero-order valence-corrected chi connectivity index (χ0v) is 24.3. The van der Waals surface area contributed by atoms with Gasteiger partial charge < -0.3 is 19.5 Å². The molecule has 0 spiro atoms. The summed E-state index contributed by atoms with van der Waals surface area (Å²) in [5, 5.41) is 11.5. The maximum Gasteiger partial charge on any atom is 0.295 e. The molecule has 1 N–H and O–H groups in total. The van der Waals surface area contributed by atoms with Crippen LogP contribution in [0.5, 0.6) is 11.5 Å². The normalized spacial score (nSPS) is 16.9. The molecular weight excluding hydrogens is 502 g/mol. The number of hydrogen-bond acceptors (Lipinski definition) is 5. The van der Waals surface area contributed by atoms with E-state index < -0.39 is 17.7 Å². The predicted molar refractivity (Wildman–Crippen MR) is 158 cm³/mol. The number of nitrogens with zero attached hydrogens (tertiary/aromatic N) is 1. The Morgan fingerprint density at radius 1 is 0.950 bits per heavy atom. The molecule has 3 aromatic rings. The molecule has 1 heterocycles. The van der Waals surface area contributed by atoms with Gasteiger partial charge in [0.1, 0.15) is 17.3 Å². The van der Waals surface area contributed by atoms with Crippen molar-refractivity contribution in [2.24, 2.45) is 0 Å². The number of carbonyl (C=O) groups excluding carboxylic acids is 2. The van der Waals surface area contributed by atoms with Gasteiger partial charge in [0, 0.05) is 12.1 Å². The lowest BCUT2D eigenvalue weighted by atomic mass is 9.85. The number of aliphatic hydroxyl groups is 1. The van der Waals surface area contributed by atoms with Crippen molar-refractivity contribution in [3.63, 3.8) is 0 Å². The lowest BCUT2D eigenvalue weighted by Crippen LogP contribution is -2.29. The zero-order valence-electron chi connectivity index (χ0n) is 24.3. The van der Waals surface area contributed by atoms with Crippen LogP contribution in [0.3, 0.4) is 0 Å². The van der Waals surface area contributed by atoms with Gasteiger partial charge in [0.25, 0.3) is 11.7 Å². The smallest absolute Gasteiger partial charge is 0.295 e. The average molecular weight is 542 g/mol. The second-order valence-corrected chi connectivity index (χ2v) is 11.2. The number of hydrogen-bond donors (Lipinski definition) is 1. The van der Waals surface area contributed by atoms with E-state index in [2.05, 4.69) is 20.8 Å². The summed E-state index contributed by atoms with van der Waals surface area (Å²) in [7, 11) is 0. The Kier molecular flexibility index (Phi) is 8.67. The van der Waals surface area contributed by atoms with Crippen LogP contribution in [0.25, 0.3) is 5.76 Å². The van der Waals surface area contributed by atoms with E-state index in [1.165, 1.54) is 4.90 Å². The Hall–Kier alpha value is -4.06. The summed E-state index contributed by atoms with van der Waals surface area (Å²) in [6.07, 6.45) is 0.881. The molecule has 0 aliphatic carbocycles. The third kappa shape index (κ3) is 6.06. The first kappa shape index (κ1) is 28.9. The maximum atomic E-state index is 13.5. The van der Waals surface area contributed by atoms with Crippen LogP contribution in [-0.2, 0) is 21.5 Å². The average Bonchev–Trinajstić information content (AvgIpc) is 3.17. The van der Waals surface area contributed by atoms with Gasteiger partial charge in [0.05, 0.1) is 24.8 Å². The first-order valence-electron chi connectivity index (χ1n) is 13.9. The lowest BCUT2D eigenvalue weighted by Gasteiger charge is -2.27. The van der Waals surface area contributed by atoms with E-state index in [4.69, 9.17) is 9.47 Å². The summed E-state index contributed by atoms with van der Waals surface area (Å²) in [6, 6.07) is 20.0. The maximum absolute atomic E-state index is 13.5. The summed E-state index contributed by atoms with van der Waals surface area (Å²) < 4.78 is 11.4. The number of benzene rings is 3. The molecule has 40 heavy (non-hydrogen) atoms. The second kappa shape index (κ2) is 12.0. The fourth-order valence-electron chi connectivity index (χ4n) is 4.98. The molecular formula is C34H39NO5. The Morgan fingerprint density at radius 3 is 2.30 bits per heavy atom. The highest BCUT2D eigenvalue weighted by molar-refractivity contribution is 6.46. The first-order valence-corrected chi connectivity index (χ1v) is 13.9. The Morgan fingerprint density at radius 2 is 1.68 bits per heavy atom. The first-order chi connectivity index (χ1) is 19.0. The molecule has 1 amide bonds. The SMILES string of the molecule is CCCOc1ccc(/C(O)=C2/C(=O)C(=O)N(Cc3cccc(OCC)c3)C2c2ccc(C(C)(C)C)cc2)cc1C. The summed E-state index contributed by atoms with van der Waals surface area (Å²) in [5.41, 5.74) is 4.05. The number of ether oxygens (including phenoxy) is 2. The molecule has 1 aliphatic heterocycles. The molecule has 0 saturated carbocycles. The third-order valence-corrected chi connectivity index (χ3v) is 7.10. The lowest BCUT2D eigenvalue weighted by molar-refractivity contribution is -0.140. The number of aliphatic hydroxyl groups excluding tert-OH is 1. The predicted octanol–water partition coefficient (Wildman–Crippen LogP) is 7.10. The molecule has 0 radical (unpaired) electrons. The van der Waals surface area contributed by atoms with E-state index in [9.17, 15) is 14.7 Å². The Balaban J connectivity index is 1.81. The molecule has 1 aliphatic rings. The van der Waals surface area contributed by atoms with Crippen molar-refractivity contribution in [1.29, 1.82) is 0 Å². The van der Waals surface area contributed by atoms with Gasteiger partial charge >= 0.3 is 0 Å². The van der Waals surface area contributed by atoms with E-state index in [1.807, 2.05) is 69.3 Å². The van der Waals surface area contributed by atoms with E-state index in [1.54, 1.807) is 18.2 Å². The number of ketones is 1. The van der Waals surface area contributed by atoms with Crippen molar-refractivity contribution in [3.8, 4) is 11.5 Å². The summed E-state index contributed by atoms with van der Waals surface area (Å²) >= 11 is 0. The van der Waals surface area contributed by atoms with Crippen LogP contribution >= 0.6 is 0 Å². The van der Waals surface area contributed by atoms with Crippen molar-refractivity contribution < 1.29 is 24.2 Å². The highest BCUT2D eigenvalue weighted by Crippen LogP contribution is 2.41. The third-order valence-electron chi connectivity index (χ3n) is 7.10. The number of aryl methyl sites for hydroxylation is 1. The Labute approximate surface area is 237 Å². The summed E-state index contributed by atoms with van der Waals surface area (Å²) in [5.74, 6) is -0.120. The Bertz CT molecular complexity index is 1410. The molecule has 1 saturated heterocycles. The van der Waals surface area contributed by atoms with Gasteiger partial charge in [-0.1, -0.05) is 64.1 Å². The van der Waals surface area contributed by atoms with Crippen molar-refractivity contribution in [3.05, 3.63) is 100 Å². The van der Waals surface area contributed by atoms with E-state index in [-0.39, 0.29) is 23.3 Å². The fraction of sp³-hybridized carbons (Fsp3) is 0.353. The standard InChI is InChI=1S/C34H39NO5/c1-7-18-40-28-17-14-25(19-22(28)3)31(36)29-30(24-12-15-26(16-13-24)34(4,5)6)35(33(38)32(29)37)21-23-10-9-11-27(20-23)39-8-2/h9-17,19-20,30,36H,7-8,18,21H2,1-6H3/b31-29-. The quantitative estimate of drug-likeness (QED) is 0.178. The number of likely N-dealkylation sites (tertiary alicyclic amines) is 1. The van der Waals surface area contributed by atoms with Gasteiger partial charge in [0.15, 0.2) is 0 Å². The molecule has 3 aromatic carbocycles. The molecule has 4 rings (SSSR count). The minimum Gasteiger partial charge on any atom is -0.507 e. The van der Waals surface area contributed by atoms with Gasteiger partial charge in [-0.3, -0.25) is 9.59 Å². The van der Waals surface area contributed by atoms with Gasteiger partial charge in [-0.25, -0.2) is 0 Å². The molecule has 1 unspecified atom stereocenters. The van der Waals surface area contributed by atoms with Crippen LogP contribution < -0.4 is 9.47 Å². The van der Waals surface area contributed by atoms with Crippen molar-refractivity contribution in [2.45, 2.75) is 66.0 Å². The molecule has 1 fully saturated rings. The number of carbonyl (C=O) groups is 2. The van der Waals surface area contributed by atoms with Gasteiger partial charge in [-0.05, 0) is 78.3 Å². The monoisotopic (exact) mass is 541 g/mol.